The zero-order valence-electron chi connectivity index (χ0n) is 20.3. The molecule has 0 atom stereocenters. The van der Waals surface area contributed by atoms with Gasteiger partial charge >= 0.3 is 0 Å². The van der Waals surface area contributed by atoms with Gasteiger partial charge in [-0.05, 0) is 77.9 Å². The van der Waals surface area contributed by atoms with Gasteiger partial charge in [0.2, 0.25) is 0 Å². The van der Waals surface area contributed by atoms with Crippen LogP contribution in [0, 0.1) is 0 Å². The number of hydrogen-bond acceptors (Lipinski definition) is 5. The van der Waals surface area contributed by atoms with E-state index in [0.29, 0.717) is 22.9 Å². The summed E-state index contributed by atoms with van der Waals surface area (Å²) in [5, 5.41) is 5.03. The number of hydrogen-bond donors (Lipinski definition) is 1. The summed E-state index contributed by atoms with van der Waals surface area (Å²) in [5.74, 6) is 0.00858. The molecule has 0 aliphatic carbocycles. The van der Waals surface area contributed by atoms with Gasteiger partial charge in [-0.25, -0.2) is 13.8 Å². The van der Waals surface area contributed by atoms with Crippen molar-refractivity contribution in [3.8, 4) is 5.75 Å². The van der Waals surface area contributed by atoms with Crippen LogP contribution in [0.25, 0.3) is 0 Å². The van der Waals surface area contributed by atoms with E-state index in [2.05, 4.69) is 10.5 Å². The normalized spacial score (nSPS) is 11.4. The molecule has 4 aromatic carbocycles. The average Bonchev–Trinajstić information content (AvgIpc) is 2.94. The smallest absolute Gasteiger partial charge is 0.264 e. The fourth-order valence-corrected chi connectivity index (χ4v) is 5.27. The number of sulfonamides is 1. The minimum atomic E-state index is -4.09. The third-order valence-corrected chi connectivity index (χ3v) is 8.19. The van der Waals surface area contributed by atoms with E-state index in [-0.39, 0.29) is 20.6 Å². The van der Waals surface area contributed by atoms with Gasteiger partial charge in [-0.1, -0.05) is 65.1 Å². The van der Waals surface area contributed by atoms with Gasteiger partial charge in [0.25, 0.3) is 15.9 Å². The van der Waals surface area contributed by atoms with Crippen molar-refractivity contribution in [2.24, 2.45) is 5.10 Å². The van der Waals surface area contributed by atoms with Crippen LogP contribution in [0.2, 0.25) is 15.1 Å². The third-order valence-electron chi connectivity index (χ3n) is 5.41. The van der Waals surface area contributed by atoms with E-state index in [1.54, 1.807) is 54.6 Å². The maximum atomic E-state index is 13.4. The van der Waals surface area contributed by atoms with Gasteiger partial charge in [0.15, 0.2) is 0 Å². The van der Waals surface area contributed by atoms with Crippen LogP contribution in [0.5, 0.6) is 5.75 Å². The molecule has 1 amide bonds. The van der Waals surface area contributed by atoms with Crippen molar-refractivity contribution in [2.45, 2.75) is 11.5 Å². The van der Waals surface area contributed by atoms with Crippen LogP contribution in [-0.2, 0) is 21.4 Å². The molecular weight excluding hydrogens is 581 g/mol. The first kappa shape index (κ1) is 28.4. The number of rotatable bonds is 10. The van der Waals surface area contributed by atoms with Gasteiger partial charge in [-0.15, -0.1) is 0 Å². The largest absolute Gasteiger partial charge is 0.489 e. The first-order chi connectivity index (χ1) is 18.7. The molecule has 0 radical (unpaired) electrons. The highest BCUT2D eigenvalue weighted by Crippen LogP contribution is 2.30. The Morgan fingerprint density at radius 2 is 1.56 bits per heavy atom. The summed E-state index contributed by atoms with van der Waals surface area (Å²) in [6, 6.07) is 26.6. The molecule has 0 saturated carbocycles. The van der Waals surface area contributed by atoms with E-state index in [0.717, 1.165) is 9.87 Å². The molecule has 0 spiro atoms. The molecule has 0 bridgehead atoms. The van der Waals surface area contributed by atoms with E-state index in [4.69, 9.17) is 39.5 Å². The van der Waals surface area contributed by atoms with Crippen molar-refractivity contribution in [3.05, 3.63) is 123 Å². The number of hydrazone groups is 1. The molecule has 0 aromatic heterocycles. The van der Waals surface area contributed by atoms with Crippen LogP contribution in [0.1, 0.15) is 11.1 Å². The lowest BCUT2D eigenvalue weighted by atomic mass is 10.2. The van der Waals surface area contributed by atoms with E-state index in [9.17, 15) is 13.2 Å². The van der Waals surface area contributed by atoms with Gasteiger partial charge in [-0.3, -0.25) is 9.10 Å². The SMILES string of the molecule is O=C(CN(c1ccc(Cl)c(Cl)c1)S(=O)(=O)c1ccccc1)NN=Cc1ccc(OCc2ccc(Cl)cc2)cc1. The summed E-state index contributed by atoms with van der Waals surface area (Å²) in [7, 11) is -4.09. The average molecular weight is 603 g/mol. The first-order valence-electron chi connectivity index (χ1n) is 11.5. The number of ether oxygens (including phenoxy) is 1. The van der Waals surface area contributed by atoms with Crippen LogP contribution in [0.3, 0.4) is 0 Å². The maximum Gasteiger partial charge on any atom is 0.264 e. The maximum absolute atomic E-state index is 13.4. The molecule has 4 aromatic rings. The van der Waals surface area contributed by atoms with Crippen molar-refractivity contribution in [2.75, 3.05) is 10.8 Å². The second-order valence-electron chi connectivity index (χ2n) is 8.20. The predicted octanol–water partition coefficient (Wildman–Crippen LogP) is 6.57. The Balaban J connectivity index is 1.41. The standard InChI is InChI=1S/C28H22Cl3N3O4S/c29-22-10-6-21(7-11-22)19-38-24-13-8-20(9-14-24)17-32-33-28(35)18-34(23-12-15-26(30)27(31)16-23)39(36,37)25-4-2-1-3-5-25/h1-17H,18-19H2,(H,33,35). The molecule has 200 valence electrons. The molecular formula is C28H22Cl3N3O4S. The number of nitrogens with one attached hydrogen (secondary N) is 1. The highest BCUT2D eigenvalue weighted by atomic mass is 35.5. The predicted molar refractivity (Wildman–Crippen MR) is 155 cm³/mol. The van der Waals surface area contributed by atoms with Crippen molar-refractivity contribution in [3.63, 3.8) is 0 Å². The lowest BCUT2D eigenvalue weighted by molar-refractivity contribution is -0.119. The Morgan fingerprint density at radius 1 is 0.872 bits per heavy atom. The summed E-state index contributed by atoms with van der Waals surface area (Å²) in [5.41, 5.74) is 4.24. The first-order valence-corrected chi connectivity index (χ1v) is 14.1. The van der Waals surface area contributed by atoms with E-state index in [1.165, 1.54) is 36.5 Å². The van der Waals surface area contributed by atoms with Crippen molar-refractivity contribution < 1.29 is 17.9 Å². The molecule has 0 saturated heterocycles. The molecule has 4 rings (SSSR count). The van der Waals surface area contributed by atoms with Crippen molar-refractivity contribution >= 4 is 62.6 Å². The van der Waals surface area contributed by atoms with Crippen LogP contribution in [-0.4, -0.2) is 27.1 Å². The van der Waals surface area contributed by atoms with Gasteiger partial charge in [-0.2, -0.15) is 5.10 Å². The van der Waals surface area contributed by atoms with E-state index in [1.807, 2.05) is 12.1 Å². The molecule has 0 heterocycles. The molecule has 0 aliphatic heterocycles. The van der Waals surface area contributed by atoms with Crippen molar-refractivity contribution in [1.82, 2.24) is 5.43 Å². The topological polar surface area (TPSA) is 88.1 Å². The van der Waals surface area contributed by atoms with E-state index < -0.39 is 22.5 Å². The van der Waals surface area contributed by atoms with Gasteiger partial charge in [0, 0.05) is 5.02 Å². The van der Waals surface area contributed by atoms with Crippen LogP contribution >= 0.6 is 34.8 Å². The van der Waals surface area contributed by atoms with Crippen LogP contribution < -0.4 is 14.5 Å². The summed E-state index contributed by atoms with van der Waals surface area (Å²) in [6.07, 6.45) is 1.44. The molecule has 1 N–H and O–H groups in total. The van der Waals surface area contributed by atoms with Gasteiger partial charge < -0.3 is 4.74 Å². The number of anilines is 1. The minimum absolute atomic E-state index is 0.0192. The lowest BCUT2D eigenvalue weighted by Gasteiger charge is -2.24. The number of amides is 1. The molecule has 0 fully saturated rings. The summed E-state index contributed by atoms with van der Waals surface area (Å²) >= 11 is 18.0. The molecule has 0 unspecified atom stereocenters. The number of carbonyl (C=O) groups is 1. The second-order valence-corrected chi connectivity index (χ2v) is 11.3. The van der Waals surface area contributed by atoms with Crippen molar-refractivity contribution in [1.29, 1.82) is 0 Å². The molecule has 7 nitrogen and oxygen atoms in total. The zero-order chi connectivity index (χ0) is 27.8. The minimum Gasteiger partial charge on any atom is -0.489 e. The third kappa shape index (κ3) is 7.74. The molecule has 11 heteroatoms. The number of halogens is 3. The van der Waals surface area contributed by atoms with Gasteiger partial charge in [0.05, 0.1) is 26.8 Å². The number of nitrogens with zero attached hydrogens (tertiary/aromatic N) is 2. The Labute approximate surface area is 241 Å². The fourth-order valence-electron chi connectivity index (χ4n) is 3.42. The van der Waals surface area contributed by atoms with Gasteiger partial charge in [0.1, 0.15) is 18.9 Å². The Morgan fingerprint density at radius 3 is 2.23 bits per heavy atom. The zero-order valence-corrected chi connectivity index (χ0v) is 23.4. The fraction of sp³-hybridized carbons (Fsp3) is 0.0714. The molecule has 0 aliphatic rings. The second kappa shape index (κ2) is 13.0. The molecule has 39 heavy (non-hydrogen) atoms. The quantitative estimate of drug-likeness (QED) is 0.164. The lowest BCUT2D eigenvalue weighted by Crippen LogP contribution is -2.39. The van der Waals surface area contributed by atoms with E-state index >= 15 is 0 Å². The highest BCUT2D eigenvalue weighted by Gasteiger charge is 2.27. The Bertz CT molecular complexity index is 1560. The summed E-state index contributed by atoms with van der Waals surface area (Å²) in [4.78, 5) is 12.7. The summed E-state index contributed by atoms with van der Waals surface area (Å²) in [6.45, 7) is -0.147. The van der Waals surface area contributed by atoms with Crippen LogP contribution in [0.4, 0.5) is 5.69 Å². The monoisotopic (exact) mass is 601 g/mol. The summed E-state index contributed by atoms with van der Waals surface area (Å²) < 4.78 is 33.4. The Kier molecular flexibility index (Phi) is 9.48. The Hall–Kier alpha value is -3.56. The van der Waals surface area contributed by atoms with Crippen LogP contribution in [0.15, 0.2) is 107 Å². The highest BCUT2D eigenvalue weighted by molar-refractivity contribution is 7.92. The number of carbonyl (C=O) groups excluding carboxylic acids is 1. The number of benzene rings is 4.